The molecular weight excluding hydrogens is 110 g/mol. The van der Waals surface area contributed by atoms with Crippen LogP contribution in [-0.2, 0) is 9.57 Å². The Balaban J connectivity index is 1.87. The zero-order chi connectivity index (χ0) is 5.98. The van der Waals surface area contributed by atoms with Crippen LogP contribution in [0.25, 0.3) is 0 Å². The van der Waals surface area contributed by atoms with E-state index in [1.807, 2.05) is 0 Å². The molecule has 1 rings (SSSR count). The molecule has 1 N–H and O–H groups in total. The van der Waals surface area contributed by atoms with E-state index in [2.05, 4.69) is 4.84 Å². The third-order valence-electron chi connectivity index (χ3n) is 0.875. The molecule has 4 heteroatoms. The quantitative estimate of drug-likeness (QED) is 0.357. The van der Waals surface area contributed by atoms with E-state index in [4.69, 9.17) is 4.74 Å². The molecule has 0 radical (unpaired) electrons. The van der Waals surface area contributed by atoms with Crippen molar-refractivity contribution in [2.45, 2.75) is 6.10 Å². The number of hydrogen-bond donors (Lipinski definition) is 1. The van der Waals surface area contributed by atoms with Crippen molar-refractivity contribution in [1.82, 2.24) is 0 Å². The van der Waals surface area contributed by atoms with Crippen molar-refractivity contribution in [3.8, 4) is 0 Å². The fraction of sp³-hybridized carbons (Fsp3) is 1.00. The van der Waals surface area contributed by atoms with Crippen molar-refractivity contribution in [1.29, 1.82) is 0 Å². The van der Waals surface area contributed by atoms with E-state index in [1.54, 1.807) is 0 Å². The van der Waals surface area contributed by atoms with Gasteiger partial charge in [-0.15, -0.1) is 0 Å². The Kier molecular flexibility index (Phi) is 1.80. The number of hydrogen-bond acceptors (Lipinski definition) is 3. The maximum absolute atomic E-state index is 10.1. The van der Waals surface area contributed by atoms with Crippen molar-refractivity contribution >= 4 is 0 Å². The first-order chi connectivity index (χ1) is 3.79. The average molecular weight is 119 g/mol. The Morgan fingerprint density at radius 3 is 3.00 bits per heavy atom. The van der Waals surface area contributed by atoms with E-state index < -0.39 is 0 Å². The highest BCUT2D eigenvalue weighted by atomic mass is 16.9. The summed E-state index contributed by atoms with van der Waals surface area (Å²) >= 11 is 0. The van der Waals surface area contributed by atoms with Gasteiger partial charge in [0, 0.05) is 0 Å². The zero-order valence-corrected chi connectivity index (χ0v) is 4.72. The zero-order valence-electron chi connectivity index (χ0n) is 4.72. The van der Waals surface area contributed by atoms with Crippen molar-refractivity contribution < 1.29 is 14.8 Å². The Hall–Kier alpha value is -0.160. The Morgan fingerprint density at radius 2 is 2.62 bits per heavy atom. The Morgan fingerprint density at radius 1 is 2.00 bits per heavy atom. The number of ether oxygens (including phenoxy) is 1. The minimum Gasteiger partial charge on any atom is -0.600 e. The summed E-state index contributed by atoms with van der Waals surface area (Å²) in [6.07, 6.45) is 0.193. The minimum absolute atomic E-state index is 0.193. The van der Waals surface area contributed by atoms with Gasteiger partial charge >= 0.3 is 0 Å². The van der Waals surface area contributed by atoms with Gasteiger partial charge in [0.05, 0.1) is 13.7 Å². The molecule has 1 saturated heterocycles. The smallest absolute Gasteiger partial charge is 0.135 e. The molecule has 0 aromatic heterocycles. The van der Waals surface area contributed by atoms with E-state index in [-0.39, 0.29) is 11.3 Å². The van der Waals surface area contributed by atoms with Gasteiger partial charge in [0.25, 0.3) is 0 Å². The van der Waals surface area contributed by atoms with Gasteiger partial charge in [-0.25, -0.2) is 10.1 Å². The number of nitrogens with one attached hydrogen (secondary N) is 1. The lowest BCUT2D eigenvalue weighted by Crippen LogP contribution is -3.02. The maximum Gasteiger partial charge on any atom is 0.135 e. The molecular formula is C4H9NO3. The summed E-state index contributed by atoms with van der Waals surface area (Å²) in [6, 6.07) is 0. The van der Waals surface area contributed by atoms with E-state index in [0.29, 0.717) is 6.61 Å². The van der Waals surface area contributed by atoms with Crippen LogP contribution in [0.3, 0.4) is 0 Å². The average Bonchev–Trinajstić information content (AvgIpc) is 2.41. The number of epoxide rings is 1. The van der Waals surface area contributed by atoms with E-state index in [1.165, 1.54) is 7.05 Å². The summed E-state index contributed by atoms with van der Waals surface area (Å²) < 4.78 is 4.78. The van der Waals surface area contributed by atoms with Crippen LogP contribution in [0.15, 0.2) is 0 Å². The molecule has 0 bridgehead atoms. The molecule has 0 spiro atoms. The SMILES string of the molecule is C[NH+]([O-])OCC1CO1. The summed E-state index contributed by atoms with van der Waals surface area (Å²) in [5.41, 5.74) is 0. The first-order valence-electron chi connectivity index (χ1n) is 2.54. The third-order valence-corrected chi connectivity index (χ3v) is 0.875. The summed E-state index contributed by atoms with van der Waals surface area (Å²) in [4.78, 5) is 4.60. The fourth-order valence-corrected chi connectivity index (χ4v) is 0.375. The monoisotopic (exact) mass is 119 g/mol. The van der Waals surface area contributed by atoms with Gasteiger partial charge in [-0.2, -0.15) is 0 Å². The normalized spacial score (nSPS) is 30.0. The van der Waals surface area contributed by atoms with Crippen LogP contribution in [0.2, 0.25) is 0 Å². The van der Waals surface area contributed by atoms with E-state index >= 15 is 0 Å². The summed E-state index contributed by atoms with van der Waals surface area (Å²) in [5.74, 6) is 0. The summed E-state index contributed by atoms with van der Waals surface area (Å²) in [5, 5.41) is 9.86. The van der Waals surface area contributed by atoms with Crippen molar-refractivity contribution in [2.75, 3.05) is 20.3 Å². The van der Waals surface area contributed by atoms with Gasteiger partial charge in [0.1, 0.15) is 12.7 Å². The topological polar surface area (TPSA) is 49.3 Å². The lowest BCUT2D eigenvalue weighted by Gasteiger charge is -2.11. The van der Waals surface area contributed by atoms with Gasteiger partial charge in [0.15, 0.2) is 0 Å². The molecule has 1 aliphatic heterocycles. The number of hydroxylamine groups is 2. The van der Waals surface area contributed by atoms with Gasteiger partial charge < -0.3 is 9.94 Å². The van der Waals surface area contributed by atoms with E-state index in [9.17, 15) is 5.21 Å². The highest BCUT2D eigenvalue weighted by molar-refractivity contribution is 4.65. The van der Waals surface area contributed by atoms with Gasteiger partial charge in [0.2, 0.25) is 0 Å². The van der Waals surface area contributed by atoms with Gasteiger partial charge in [-0.3, -0.25) is 0 Å². The standard InChI is InChI=1S/C4H9NO3/c1-5(6)8-3-4-2-7-4/h4-5H,2-3H2,1H3. The molecule has 0 saturated carbocycles. The first-order valence-corrected chi connectivity index (χ1v) is 2.54. The lowest BCUT2D eigenvalue weighted by atomic mass is 10.5. The Bertz CT molecular complexity index is 69.7. The van der Waals surface area contributed by atoms with Crippen molar-refractivity contribution in [2.24, 2.45) is 0 Å². The first kappa shape index (κ1) is 5.97. The molecule has 1 aliphatic rings. The second-order valence-corrected chi connectivity index (χ2v) is 1.76. The van der Waals surface area contributed by atoms with Crippen LogP contribution in [0.4, 0.5) is 0 Å². The van der Waals surface area contributed by atoms with Crippen LogP contribution in [0.5, 0.6) is 0 Å². The van der Waals surface area contributed by atoms with Gasteiger partial charge in [-0.1, -0.05) is 0 Å². The second-order valence-electron chi connectivity index (χ2n) is 1.76. The predicted octanol–water partition coefficient (Wildman–Crippen LogP) is -1.67. The molecule has 1 fully saturated rings. The molecule has 0 aromatic rings. The van der Waals surface area contributed by atoms with Gasteiger partial charge in [-0.05, 0) is 0 Å². The molecule has 0 aromatic carbocycles. The summed E-state index contributed by atoms with van der Waals surface area (Å²) in [6.45, 7) is 1.17. The molecule has 2 unspecified atom stereocenters. The largest absolute Gasteiger partial charge is 0.600 e. The highest BCUT2D eigenvalue weighted by Crippen LogP contribution is 2.06. The maximum atomic E-state index is 10.1. The van der Waals surface area contributed by atoms with Crippen molar-refractivity contribution in [3.05, 3.63) is 5.21 Å². The minimum atomic E-state index is -0.236. The number of quaternary nitrogens is 1. The molecule has 48 valence electrons. The van der Waals surface area contributed by atoms with Crippen LogP contribution in [0, 0.1) is 5.21 Å². The van der Waals surface area contributed by atoms with Crippen molar-refractivity contribution in [3.63, 3.8) is 0 Å². The second kappa shape index (κ2) is 2.41. The highest BCUT2D eigenvalue weighted by Gasteiger charge is 2.23. The van der Waals surface area contributed by atoms with Crippen LogP contribution < -0.4 is 5.23 Å². The molecule has 4 nitrogen and oxygen atoms in total. The number of rotatable bonds is 3. The molecule has 2 atom stereocenters. The van der Waals surface area contributed by atoms with Crippen LogP contribution in [-0.4, -0.2) is 26.4 Å². The molecule has 8 heavy (non-hydrogen) atoms. The molecule has 0 amide bonds. The molecule has 0 aliphatic carbocycles. The lowest BCUT2D eigenvalue weighted by molar-refractivity contribution is -1.04. The van der Waals surface area contributed by atoms with Crippen LogP contribution >= 0.6 is 0 Å². The summed E-state index contributed by atoms with van der Waals surface area (Å²) in [7, 11) is 1.39. The third kappa shape index (κ3) is 2.23. The molecule has 1 heterocycles. The van der Waals surface area contributed by atoms with Crippen LogP contribution in [0.1, 0.15) is 0 Å². The van der Waals surface area contributed by atoms with E-state index in [0.717, 1.165) is 6.61 Å². The predicted molar refractivity (Wildman–Crippen MR) is 25.9 cm³/mol. The fourth-order valence-electron chi connectivity index (χ4n) is 0.375. The Labute approximate surface area is 47.5 Å².